The number of carbonyl (C=O) groups excluding carboxylic acids is 2. The van der Waals surface area contributed by atoms with E-state index in [1.54, 1.807) is 4.68 Å². The highest BCUT2D eigenvalue weighted by molar-refractivity contribution is 8.00. The van der Waals surface area contributed by atoms with Crippen LogP contribution < -0.4 is 21.3 Å². The number of amides is 3. The van der Waals surface area contributed by atoms with Crippen molar-refractivity contribution in [1.29, 1.82) is 0 Å². The zero-order chi connectivity index (χ0) is 19.2. The summed E-state index contributed by atoms with van der Waals surface area (Å²) in [7, 11) is 0. The summed E-state index contributed by atoms with van der Waals surface area (Å²) < 4.78 is 1.75. The Kier molecular flexibility index (Phi) is 6.95. The maximum atomic E-state index is 12.0. The third-order valence-corrected chi connectivity index (χ3v) is 6.28. The molecule has 0 aromatic carbocycles. The van der Waals surface area contributed by atoms with Crippen LogP contribution in [0, 0.1) is 0 Å². The Morgan fingerprint density at radius 1 is 1.44 bits per heavy atom. The lowest BCUT2D eigenvalue weighted by Gasteiger charge is -2.16. The molecule has 2 saturated heterocycles. The van der Waals surface area contributed by atoms with E-state index in [-0.39, 0.29) is 24.0 Å². The second-order valence-electron chi connectivity index (χ2n) is 7.37. The number of nitrogens with zero attached hydrogens (tertiary/aromatic N) is 3. The van der Waals surface area contributed by atoms with Crippen LogP contribution >= 0.6 is 11.8 Å². The van der Waals surface area contributed by atoms with Crippen molar-refractivity contribution in [2.75, 3.05) is 12.3 Å². The molecular formula is C17H29N7O2S. The maximum Gasteiger partial charge on any atom is 0.315 e. The van der Waals surface area contributed by atoms with E-state index in [1.165, 1.54) is 0 Å². The molecule has 2 aliphatic rings. The Labute approximate surface area is 163 Å². The van der Waals surface area contributed by atoms with E-state index in [0.717, 1.165) is 24.3 Å². The van der Waals surface area contributed by atoms with Crippen LogP contribution in [-0.2, 0) is 17.9 Å². The van der Waals surface area contributed by atoms with Crippen LogP contribution in [0.4, 0.5) is 4.79 Å². The molecule has 2 aliphatic heterocycles. The average Bonchev–Trinajstić information content (AvgIpc) is 3.30. The van der Waals surface area contributed by atoms with Gasteiger partial charge in [0.2, 0.25) is 5.91 Å². The number of thioether (sulfide) groups is 1. The van der Waals surface area contributed by atoms with Crippen molar-refractivity contribution >= 4 is 23.7 Å². The largest absolute Gasteiger partial charge is 0.354 e. The summed E-state index contributed by atoms with van der Waals surface area (Å²) in [5.74, 6) is 1.01. The van der Waals surface area contributed by atoms with Crippen molar-refractivity contribution in [3.63, 3.8) is 0 Å². The molecule has 0 aliphatic carbocycles. The van der Waals surface area contributed by atoms with Crippen LogP contribution in [0.1, 0.15) is 38.8 Å². The SMILES string of the molecule is CC(C)NCc1cn(CCNC(=O)CCC[C@@H]2SCC3NC(=O)NC32)nn1. The first kappa shape index (κ1) is 19.9. The van der Waals surface area contributed by atoms with E-state index in [4.69, 9.17) is 0 Å². The number of aromatic nitrogens is 3. The molecule has 2 unspecified atom stereocenters. The first-order valence-electron chi connectivity index (χ1n) is 9.59. The lowest BCUT2D eigenvalue weighted by Crippen LogP contribution is -2.37. The van der Waals surface area contributed by atoms with Crippen LogP contribution in [-0.4, -0.2) is 62.6 Å². The van der Waals surface area contributed by atoms with Crippen LogP contribution in [0.15, 0.2) is 6.20 Å². The van der Waals surface area contributed by atoms with E-state index in [9.17, 15) is 9.59 Å². The Balaban J connectivity index is 1.27. The molecule has 10 heteroatoms. The lowest BCUT2D eigenvalue weighted by molar-refractivity contribution is -0.121. The van der Waals surface area contributed by atoms with Crippen molar-refractivity contribution in [1.82, 2.24) is 36.3 Å². The molecule has 4 N–H and O–H groups in total. The smallest absolute Gasteiger partial charge is 0.315 e. The first-order valence-corrected chi connectivity index (χ1v) is 10.6. The zero-order valence-electron chi connectivity index (χ0n) is 15.9. The van der Waals surface area contributed by atoms with E-state index in [0.29, 0.717) is 37.3 Å². The summed E-state index contributed by atoms with van der Waals surface area (Å²) in [5.41, 5.74) is 0.899. The van der Waals surface area contributed by atoms with Gasteiger partial charge in [0.25, 0.3) is 0 Å². The van der Waals surface area contributed by atoms with Gasteiger partial charge in [0.1, 0.15) is 0 Å². The fraction of sp³-hybridized carbons (Fsp3) is 0.765. The van der Waals surface area contributed by atoms with E-state index in [1.807, 2.05) is 18.0 Å². The average molecular weight is 396 g/mol. The molecule has 27 heavy (non-hydrogen) atoms. The molecule has 0 bridgehead atoms. The quantitative estimate of drug-likeness (QED) is 0.422. The molecule has 3 heterocycles. The number of carbonyl (C=O) groups is 2. The number of nitrogens with one attached hydrogen (secondary N) is 4. The molecule has 3 atom stereocenters. The summed E-state index contributed by atoms with van der Waals surface area (Å²) in [4.78, 5) is 23.4. The second kappa shape index (κ2) is 9.41. The number of hydrogen-bond donors (Lipinski definition) is 4. The standard InChI is InChI=1S/C17H29N7O2S/c1-11(2)19-8-12-9-24(23-22-12)7-6-18-15(25)5-3-4-14-16-13(10-27-14)20-17(26)21-16/h9,11,13-14,16,19H,3-8,10H2,1-2H3,(H,18,25)(H2,20,21,26)/t13?,14-,16?/m0/s1. The van der Waals surface area contributed by atoms with Gasteiger partial charge in [-0.3, -0.25) is 9.48 Å². The van der Waals surface area contributed by atoms with Gasteiger partial charge in [-0.1, -0.05) is 19.1 Å². The molecule has 2 fully saturated rings. The van der Waals surface area contributed by atoms with Crippen molar-refractivity contribution in [3.8, 4) is 0 Å². The topological polar surface area (TPSA) is 113 Å². The van der Waals surface area contributed by atoms with Gasteiger partial charge < -0.3 is 21.3 Å². The molecule has 150 valence electrons. The van der Waals surface area contributed by atoms with Crippen molar-refractivity contribution in [2.24, 2.45) is 0 Å². The van der Waals surface area contributed by atoms with Gasteiger partial charge in [0.05, 0.1) is 24.3 Å². The minimum atomic E-state index is -0.0655. The van der Waals surface area contributed by atoms with Crippen molar-refractivity contribution in [3.05, 3.63) is 11.9 Å². The van der Waals surface area contributed by atoms with Crippen LogP contribution in [0.25, 0.3) is 0 Å². The van der Waals surface area contributed by atoms with Gasteiger partial charge in [0.15, 0.2) is 0 Å². The zero-order valence-corrected chi connectivity index (χ0v) is 16.7. The molecule has 3 amide bonds. The second-order valence-corrected chi connectivity index (χ2v) is 8.64. The van der Waals surface area contributed by atoms with Gasteiger partial charge in [-0.25, -0.2) is 4.79 Å². The fourth-order valence-corrected chi connectivity index (χ4v) is 4.89. The Morgan fingerprint density at radius 2 is 2.30 bits per heavy atom. The van der Waals surface area contributed by atoms with Crippen LogP contribution in [0.3, 0.4) is 0 Å². The van der Waals surface area contributed by atoms with Crippen LogP contribution in [0.5, 0.6) is 0 Å². The highest BCUT2D eigenvalue weighted by Gasteiger charge is 2.42. The fourth-order valence-electron chi connectivity index (χ4n) is 3.34. The normalized spacial score (nSPS) is 24.0. The molecular weight excluding hydrogens is 366 g/mol. The van der Waals surface area contributed by atoms with E-state index >= 15 is 0 Å². The van der Waals surface area contributed by atoms with Gasteiger partial charge >= 0.3 is 6.03 Å². The highest BCUT2D eigenvalue weighted by Crippen LogP contribution is 2.32. The lowest BCUT2D eigenvalue weighted by atomic mass is 10.0. The summed E-state index contributed by atoms with van der Waals surface area (Å²) in [6.45, 7) is 6.03. The molecule has 0 spiro atoms. The number of urea groups is 1. The van der Waals surface area contributed by atoms with Crippen LogP contribution in [0.2, 0.25) is 0 Å². The summed E-state index contributed by atoms with van der Waals surface area (Å²) in [6.07, 6.45) is 4.18. The minimum Gasteiger partial charge on any atom is -0.354 e. The monoisotopic (exact) mass is 395 g/mol. The highest BCUT2D eigenvalue weighted by atomic mass is 32.2. The number of hydrogen-bond acceptors (Lipinski definition) is 6. The summed E-state index contributed by atoms with van der Waals surface area (Å²) in [6, 6.07) is 0.787. The molecule has 0 radical (unpaired) electrons. The summed E-state index contributed by atoms with van der Waals surface area (Å²) >= 11 is 1.88. The predicted molar refractivity (Wildman–Crippen MR) is 104 cm³/mol. The molecule has 1 aromatic heterocycles. The van der Waals surface area contributed by atoms with Crippen molar-refractivity contribution in [2.45, 2.75) is 69.6 Å². The predicted octanol–water partition coefficient (Wildman–Crippen LogP) is 0.228. The Morgan fingerprint density at radius 3 is 3.11 bits per heavy atom. The molecule has 3 rings (SSSR count). The minimum absolute atomic E-state index is 0.0601. The first-order chi connectivity index (χ1) is 13.0. The van der Waals surface area contributed by atoms with E-state index in [2.05, 4.69) is 45.4 Å². The van der Waals surface area contributed by atoms with Gasteiger partial charge in [-0.15, -0.1) is 5.10 Å². The summed E-state index contributed by atoms with van der Waals surface area (Å²) in [5, 5.41) is 20.7. The van der Waals surface area contributed by atoms with Gasteiger partial charge in [-0.2, -0.15) is 11.8 Å². The third kappa shape index (κ3) is 5.83. The molecule has 9 nitrogen and oxygen atoms in total. The Hall–Kier alpha value is -1.81. The van der Waals surface area contributed by atoms with E-state index < -0.39 is 0 Å². The molecule has 1 aromatic rings. The van der Waals surface area contributed by atoms with Gasteiger partial charge in [-0.05, 0) is 12.8 Å². The number of fused-ring (bicyclic) bond motifs is 1. The third-order valence-electron chi connectivity index (χ3n) is 4.77. The Bertz CT molecular complexity index is 651. The number of rotatable bonds is 10. The van der Waals surface area contributed by atoms with Gasteiger partial charge in [0, 0.05) is 42.8 Å². The molecule has 0 saturated carbocycles. The maximum absolute atomic E-state index is 12.0. The van der Waals surface area contributed by atoms with Crippen molar-refractivity contribution < 1.29 is 9.59 Å².